The van der Waals surface area contributed by atoms with E-state index < -0.39 is 9.84 Å². The van der Waals surface area contributed by atoms with Gasteiger partial charge in [-0.15, -0.1) is 0 Å². The van der Waals surface area contributed by atoms with Crippen LogP contribution in [0.4, 0.5) is 0 Å². The van der Waals surface area contributed by atoms with Crippen LogP contribution in [-0.4, -0.2) is 14.7 Å². The first-order valence-electron chi connectivity index (χ1n) is 5.46. The lowest BCUT2D eigenvalue weighted by molar-refractivity contribution is 0.602. The molecule has 0 amide bonds. The van der Waals surface area contributed by atoms with Crippen LogP contribution in [0.3, 0.4) is 0 Å². The minimum atomic E-state index is -3.54. The van der Waals surface area contributed by atoms with E-state index in [9.17, 15) is 8.42 Å². The summed E-state index contributed by atoms with van der Waals surface area (Å²) in [6.45, 7) is 0. The van der Waals surface area contributed by atoms with E-state index in [4.69, 9.17) is 58.0 Å². The highest BCUT2D eigenvalue weighted by atomic mass is 35.5. The van der Waals surface area contributed by atoms with Gasteiger partial charge >= 0.3 is 0 Å². The number of sulfone groups is 1. The van der Waals surface area contributed by atoms with E-state index in [2.05, 4.69) is 0 Å². The normalized spacial score (nSPS) is 11.7. The molecule has 0 unspecified atom stereocenters. The zero-order chi connectivity index (χ0) is 15.9. The van der Waals surface area contributed by atoms with Gasteiger partial charge in [-0.05, 0) is 18.2 Å². The Morgan fingerprint density at radius 1 is 0.810 bits per heavy atom. The van der Waals surface area contributed by atoms with Crippen LogP contribution >= 0.6 is 58.0 Å². The number of benzene rings is 2. The zero-order valence-electron chi connectivity index (χ0n) is 10.4. The molecule has 2 aromatic rings. The fraction of sp³-hybridized carbons (Fsp3) is 0.0769. The molecule has 112 valence electrons. The Kier molecular flexibility index (Phi) is 5.04. The first-order chi connectivity index (χ1) is 9.62. The van der Waals surface area contributed by atoms with Crippen molar-refractivity contribution in [3.05, 3.63) is 49.4 Å². The molecule has 0 heterocycles. The van der Waals surface area contributed by atoms with Gasteiger partial charge in [0.2, 0.25) is 0 Å². The molecule has 0 radical (unpaired) electrons. The largest absolute Gasteiger partial charge is 0.224 e. The van der Waals surface area contributed by atoms with Crippen LogP contribution in [0, 0.1) is 0 Å². The molecule has 0 spiro atoms. The van der Waals surface area contributed by atoms with Gasteiger partial charge in [0.25, 0.3) is 0 Å². The van der Waals surface area contributed by atoms with E-state index in [1.807, 2.05) is 0 Å². The van der Waals surface area contributed by atoms with Crippen molar-refractivity contribution in [3.63, 3.8) is 0 Å². The molecule has 0 N–H and O–H groups in total. The van der Waals surface area contributed by atoms with E-state index >= 15 is 0 Å². The Balaban J connectivity index is 2.83. The van der Waals surface area contributed by atoms with Crippen molar-refractivity contribution in [1.82, 2.24) is 0 Å². The van der Waals surface area contributed by atoms with Crippen LogP contribution in [-0.2, 0) is 9.84 Å². The average molecular weight is 405 g/mol. The van der Waals surface area contributed by atoms with Gasteiger partial charge in [-0.2, -0.15) is 0 Å². The molecule has 8 heteroatoms. The van der Waals surface area contributed by atoms with Gasteiger partial charge in [0.05, 0.1) is 25.0 Å². The van der Waals surface area contributed by atoms with Crippen molar-refractivity contribution in [1.29, 1.82) is 0 Å². The third-order valence-corrected chi connectivity index (χ3v) is 5.88. The molecule has 2 aromatic carbocycles. The lowest BCUT2D eigenvalue weighted by Crippen LogP contribution is -1.99. The second-order valence-corrected chi connectivity index (χ2v) is 8.22. The summed E-state index contributed by atoms with van der Waals surface area (Å²) >= 11 is 30.2. The minimum Gasteiger partial charge on any atom is -0.224 e. The van der Waals surface area contributed by atoms with Crippen LogP contribution in [0.25, 0.3) is 11.1 Å². The van der Waals surface area contributed by atoms with E-state index in [0.717, 1.165) is 6.26 Å². The molecule has 0 saturated heterocycles. The van der Waals surface area contributed by atoms with E-state index in [-0.39, 0.29) is 30.0 Å². The van der Waals surface area contributed by atoms with Crippen molar-refractivity contribution in [2.45, 2.75) is 4.90 Å². The zero-order valence-corrected chi connectivity index (χ0v) is 15.0. The maximum absolute atomic E-state index is 11.8. The second kappa shape index (κ2) is 6.15. The monoisotopic (exact) mass is 402 g/mol. The third kappa shape index (κ3) is 3.44. The molecule has 0 bridgehead atoms. The molecule has 2 nitrogen and oxygen atoms in total. The maximum atomic E-state index is 11.8. The Hall–Kier alpha value is -0.160. The molecule has 0 aliphatic carbocycles. The standard InChI is InChI=1S/C13H7Cl5O2S/c1-21(19,20)10-5-6(14)4-8(11(10)16)7-2-3-9(15)13(18)12(7)17/h2-5H,1H3. The van der Waals surface area contributed by atoms with Gasteiger partial charge < -0.3 is 0 Å². The van der Waals surface area contributed by atoms with E-state index in [1.54, 1.807) is 12.1 Å². The molecule has 0 atom stereocenters. The molecule has 0 fully saturated rings. The van der Waals surface area contributed by atoms with Crippen LogP contribution in [0.2, 0.25) is 25.1 Å². The Morgan fingerprint density at radius 3 is 2.00 bits per heavy atom. The summed E-state index contributed by atoms with van der Waals surface area (Å²) < 4.78 is 23.5. The number of hydrogen-bond acceptors (Lipinski definition) is 2. The summed E-state index contributed by atoms with van der Waals surface area (Å²) in [5.41, 5.74) is 0.816. The highest BCUT2D eigenvalue weighted by Gasteiger charge is 2.20. The number of rotatable bonds is 2. The first-order valence-corrected chi connectivity index (χ1v) is 9.24. The van der Waals surface area contributed by atoms with Gasteiger partial charge in [0, 0.05) is 22.4 Å². The van der Waals surface area contributed by atoms with Crippen molar-refractivity contribution in [2.75, 3.05) is 6.26 Å². The third-order valence-electron chi connectivity index (χ3n) is 2.73. The molecule has 0 aliphatic heterocycles. The Bertz CT molecular complexity index is 831. The van der Waals surface area contributed by atoms with Crippen LogP contribution < -0.4 is 0 Å². The van der Waals surface area contributed by atoms with Gasteiger partial charge in [0.1, 0.15) is 0 Å². The topological polar surface area (TPSA) is 34.1 Å². The van der Waals surface area contributed by atoms with Crippen molar-refractivity contribution < 1.29 is 8.42 Å². The fourth-order valence-corrected chi connectivity index (χ4v) is 4.09. The molecule has 0 saturated carbocycles. The molecule has 0 aliphatic rings. The van der Waals surface area contributed by atoms with Gasteiger partial charge in [-0.1, -0.05) is 64.1 Å². The molecule has 21 heavy (non-hydrogen) atoms. The fourth-order valence-electron chi connectivity index (χ4n) is 1.76. The molecule has 0 aromatic heterocycles. The molecular formula is C13H7Cl5O2S. The van der Waals surface area contributed by atoms with E-state index in [1.165, 1.54) is 12.1 Å². The predicted octanol–water partition coefficient (Wildman–Crippen LogP) is 6.02. The van der Waals surface area contributed by atoms with Gasteiger partial charge in [0.15, 0.2) is 9.84 Å². The summed E-state index contributed by atoms with van der Waals surface area (Å²) in [7, 11) is -3.54. The lowest BCUT2D eigenvalue weighted by atomic mass is 10.1. The van der Waals surface area contributed by atoms with Crippen molar-refractivity contribution in [3.8, 4) is 11.1 Å². The van der Waals surface area contributed by atoms with E-state index in [0.29, 0.717) is 11.1 Å². The van der Waals surface area contributed by atoms with Crippen molar-refractivity contribution in [2.24, 2.45) is 0 Å². The minimum absolute atomic E-state index is 0.0298. The second-order valence-electron chi connectivity index (χ2n) is 4.26. The summed E-state index contributed by atoms with van der Waals surface area (Å²) in [6, 6.07) is 5.95. The smallest absolute Gasteiger partial charge is 0.177 e. The highest BCUT2D eigenvalue weighted by molar-refractivity contribution is 7.90. The van der Waals surface area contributed by atoms with Crippen molar-refractivity contribution >= 4 is 67.8 Å². The first kappa shape index (κ1) is 17.2. The Morgan fingerprint density at radius 2 is 1.43 bits per heavy atom. The summed E-state index contributed by atoms with van der Waals surface area (Å²) in [6.07, 6.45) is 1.05. The summed E-state index contributed by atoms with van der Waals surface area (Å²) in [4.78, 5) is -0.0752. The SMILES string of the molecule is CS(=O)(=O)c1cc(Cl)cc(-c2ccc(Cl)c(Cl)c2Cl)c1Cl. The maximum Gasteiger partial charge on any atom is 0.177 e. The van der Waals surface area contributed by atoms with Crippen LogP contribution in [0.5, 0.6) is 0 Å². The summed E-state index contributed by atoms with van der Waals surface area (Å²) in [5, 5.41) is 0.867. The molecule has 2 rings (SSSR count). The summed E-state index contributed by atoms with van der Waals surface area (Å²) in [5.74, 6) is 0. The predicted molar refractivity (Wildman–Crippen MR) is 90.0 cm³/mol. The van der Waals surface area contributed by atoms with Crippen LogP contribution in [0.15, 0.2) is 29.2 Å². The Labute approximate surface area is 147 Å². The lowest BCUT2D eigenvalue weighted by Gasteiger charge is -2.12. The number of hydrogen-bond donors (Lipinski definition) is 0. The van der Waals surface area contributed by atoms with Crippen LogP contribution in [0.1, 0.15) is 0 Å². The van der Waals surface area contributed by atoms with Gasteiger partial charge in [-0.25, -0.2) is 8.42 Å². The quantitative estimate of drug-likeness (QED) is 0.573. The molecular weight excluding hydrogens is 397 g/mol. The highest BCUT2D eigenvalue weighted by Crippen LogP contribution is 2.43. The average Bonchev–Trinajstić information content (AvgIpc) is 2.38. The number of halogens is 5. The van der Waals surface area contributed by atoms with Gasteiger partial charge in [-0.3, -0.25) is 0 Å².